The SMILES string of the molecule is Cc1cc(S(N)(=O)=O)cc(C(=O)N2CCCC2)c1C. The predicted octanol–water partition coefficient (Wildman–Crippen LogP) is 1.19. The van der Waals surface area contributed by atoms with E-state index in [2.05, 4.69) is 0 Å². The first-order valence-corrected chi connectivity index (χ1v) is 7.78. The molecule has 2 rings (SSSR count). The first kappa shape index (κ1) is 14.0. The van der Waals surface area contributed by atoms with E-state index in [0.717, 1.165) is 37.1 Å². The molecule has 104 valence electrons. The van der Waals surface area contributed by atoms with Gasteiger partial charge in [0.15, 0.2) is 0 Å². The lowest BCUT2D eigenvalue weighted by Crippen LogP contribution is -2.28. The highest BCUT2D eigenvalue weighted by molar-refractivity contribution is 7.89. The Balaban J connectivity index is 2.50. The van der Waals surface area contributed by atoms with E-state index in [0.29, 0.717) is 5.56 Å². The number of hydrogen-bond acceptors (Lipinski definition) is 3. The van der Waals surface area contributed by atoms with Gasteiger partial charge in [-0.05, 0) is 49.9 Å². The topological polar surface area (TPSA) is 80.5 Å². The Labute approximate surface area is 113 Å². The Morgan fingerprint density at radius 2 is 1.79 bits per heavy atom. The van der Waals surface area contributed by atoms with Gasteiger partial charge in [0.2, 0.25) is 10.0 Å². The molecule has 1 aromatic carbocycles. The zero-order chi connectivity index (χ0) is 14.2. The minimum absolute atomic E-state index is 0.00172. The Kier molecular flexibility index (Phi) is 3.64. The molecule has 1 saturated heterocycles. The lowest BCUT2D eigenvalue weighted by atomic mass is 10.0. The average Bonchev–Trinajstić information content (AvgIpc) is 2.83. The normalized spacial score (nSPS) is 15.8. The van der Waals surface area contributed by atoms with Crippen molar-refractivity contribution in [2.45, 2.75) is 31.6 Å². The molecule has 0 radical (unpaired) electrons. The van der Waals surface area contributed by atoms with Gasteiger partial charge >= 0.3 is 0 Å². The molecule has 1 heterocycles. The van der Waals surface area contributed by atoms with Crippen LogP contribution in [0.2, 0.25) is 0 Å². The fourth-order valence-electron chi connectivity index (χ4n) is 2.30. The van der Waals surface area contributed by atoms with Crippen molar-refractivity contribution in [3.8, 4) is 0 Å². The standard InChI is InChI=1S/C13H18N2O3S/c1-9-7-11(19(14,17)18)8-12(10(9)2)13(16)15-5-3-4-6-15/h7-8H,3-6H2,1-2H3,(H2,14,17,18). The van der Waals surface area contributed by atoms with Crippen molar-refractivity contribution >= 4 is 15.9 Å². The van der Waals surface area contributed by atoms with Crippen LogP contribution in [-0.2, 0) is 10.0 Å². The predicted molar refractivity (Wildman–Crippen MR) is 72.4 cm³/mol. The van der Waals surface area contributed by atoms with Crippen molar-refractivity contribution in [2.75, 3.05) is 13.1 Å². The number of nitrogens with zero attached hydrogens (tertiary/aromatic N) is 1. The van der Waals surface area contributed by atoms with Crippen molar-refractivity contribution in [1.29, 1.82) is 0 Å². The Bertz CT molecular complexity index is 617. The fourth-order valence-corrected chi connectivity index (χ4v) is 2.93. The molecule has 0 aromatic heterocycles. The maximum atomic E-state index is 12.4. The number of nitrogens with two attached hydrogens (primary N) is 1. The molecule has 1 aliphatic heterocycles. The van der Waals surface area contributed by atoms with Gasteiger partial charge in [0.1, 0.15) is 0 Å². The number of sulfonamides is 1. The van der Waals surface area contributed by atoms with Gasteiger partial charge in [-0.1, -0.05) is 0 Å². The van der Waals surface area contributed by atoms with Crippen LogP contribution in [0.15, 0.2) is 17.0 Å². The summed E-state index contributed by atoms with van der Waals surface area (Å²) in [6.45, 7) is 5.07. The van der Waals surface area contributed by atoms with Gasteiger partial charge < -0.3 is 4.90 Å². The van der Waals surface area contributed by atoms with Crippen LogP contribution >= 0.6 is 0 Å². The Morgan fingerprint density at radius 1 is 1.21 bits per heavy atom. The Morgan fingerprint density at radius 3 is 2.32 bits per heavy atom. The number of amides is 1. The molecule has 2 N–H and O–H groups in total. The van der Waals surface area contributed by atoms with E-state index in [1.165, 1.54) is 12.1 Å². The summed E-state index contributed by atoms with van der Waals surface area (Å²) in [5.41, 5.74) is 2.00. The van der Waals surface area contributed by atoms with Gasteiger partial charge in [0.05, 0.1) is 4.90 Å². The molecule has 19 heavy (non-hydrogen) atoms. The largest absolute Gasteiger partial charge is 0.339 e. The average molecular weight is 282 g/mol. The molecule has 0 atom stereocenters. The minimum Gasteiger partial charge on any atom is -0.339 e. The van der Waals surface area contributed by atoms with E-state index < -0.39 is 10.0 Å². The third-order valence-corrected chi connectivity index (χ3v) is 4.49. The monoisotopic (exact) mass is 282 g/mol. The van der Waals surface area contributed by atoms with E-state index in [9.17, 15) is 13.2 Å². The summed E-state index contributed by atoms with van der Waals surface area (Å²) < 4.78 is 22.9. The molecule has 1 fully saturated rings. The molecular formula is C13H18N2O3S. The second-order valence-corrected chi connectivity index (χ2v) is 6.52. The van der Waals surface area contributed by atoms with Crippen LogP contribution in [-0.4, -0.2) is 32.3 Å². The van der Waals surface area contributed by atoms with Crippen molar-refractivity contribution in [2.24, 2.45) is 5.14 Å². The molecule has 0 aliphatic carbocycles. The van der Waals surface area contributed by atoms with Crippen LogP contribution in [0.25, 0.3) is 0 Å². The quantitative estimate of drug-likeness (QED) is 0.884. The number of benzene rings is 1. The second kappa shape index (κ2) is 4.94. The highest BCUT2D eigenvalue weighted by atomic mass is 32.2. The first-order chi connectivity index (χ1) is 8.80. The van der Waals surface area contributed by atoms with Gasteiger partial charge in [-0.3, -0.25) is 4.79 Å². The summed E-state index contributed by atoms with van der Waals surface area (Å²) in [5.74, 6) is -0.108. The number of carbonyl (C=O) groups is 1. The number of rotatable bonds is 2. The smallest absolute Gasteiger partial charge is 0.254 e. The van der Waals surface area contributed by atoms with E-state index >= 15 is 0 Å². The van der Waals surface area contributed by atoms with E-state index in [1.807, 2.05) is 6.92 Å². The summed E-state index contributed by atoms with van der Waals surface area (Å²) in [5, 5.41) is 5.15. The summed E-state index contributed by atoms with van der Waals surface area (Å²) in [7, 11) is -3.79. The third-order valence-electron chi connectivity index (χ3n) is 3.59. The maximum Gasteiger partial charge on any atom is 0.254 e. The number of likely N-dealkylation sites (tertiary alicyclic amines) is 1. The van der Waals surface area contributed by atoms with Gasteiger partial charge in [0.25, 0.3) is 5.91 Å². The molecule has 1 amide bonds. The Hall–Kier alpha value is -1.40. The zero-order valence-corrected chi connectivity index (χ0v) is 12.0. The summed E-state index contributed by atoms with van der Waals surface area (Å²) in [6.07, 6.45) is 2.00. The van der Waals surface area contributed by atoms with Crippen LogP contribution < -0.4 is 5.14 Å². The molecule has 6 heteroatoms. The molecule has 1 aromatic rings. The van der Waals surface area contributed by atoms with E-state index in [1.54, 1.807) is 11.8 Å². The fraction of sp³-hybridized carbons (Fsp3) is 0.462. The summed E-state index contributed by atoms with van der Waals surface area (Å²) in [4.78, 5) is 14.1. The number of carbonyl (C=O) groups excluding carboxylic acids is 1. The molecule has 1 aliphatic rings. The second-order valence-electron chi connectivity index (χ2n) is 4.96. The molecule has 0 unspecified atom stereocenters. The first-order valence-electron chi connectivity index (χ1n) is 6.24. The number of aryl methyl sites for hydroxylation is 1. The number of hydrogen-bond donors (Lipinski definition) is 1. The minimum atomic E-state index is -3.79. The summed E-state index contributed by atoms with van der Waals surface area (Å²) in [6, 6.07) is 2.89. The third kappa shape index (κ3) is 2.79. The lowest BCUT2D eigenvalue weighted by Gasteiger charge is -2.18. The van der Waals surface area contributed by atoms with Crippen molar-refractivity contribution < 1.29 is 13.2 Å². The van der Waals surface area contributed by atoms with Crippen molar-refractivity contribution in [1.82, 2.24) is 4.90 Å². The number of primary sulfonamides is 1. The maximum absolute atomic E-state index is 12.4. The van der Waals surface area contributed by atoms with Gasteiger partial charge in [-0.15, -0.1) is 0 Å². The zero-order valence-electron chi connectivity index (χ0n) is 11.1. The van der Waals surface area contributed by atoms with Crippen molar-refractivity contribution in [3.63, 3.8) is 0 Å². The van der Waals surface area contributed by atoms with Gasteiger partial charge in [0, 0.05) is 18.7 Å². The van der Waals surface area contributed by atoms with Crippen LogP contribution in [0.1, 0.15) is 34.3 Å². The molecule has 0 saturated carbocycles. The molecular weight excluding hydrogens is 264 g/mol. The van der Waals surface area contributed by atoms with Crippen LogP contribution in [0.5, 0.6) is 0 Å². The lowest BCUT2D eigenvalue weighted by molar-refractivity contribution is 0.0791. The highest BCUT2D eigenvalue weighted by Gasteiger charge is 2.23. The van der Waals surface area contributed by atoms with Crippen LogP contribution in [0, 0.1) is 13.8 Å². The van der Waals surface area contributed by atoms with Crippen molar-refractivity contribution in [3.05, 3.63) is 28.8 Å². The van der Waals surface area contributed by atoms with Gasteiger partial charge in [-0.2, -0.15) is 0 Å². The molecule has 0 bridgehead atoms. The van der Waals surface area contributed by atoms with Crippen LogP contribution in [0.3, 0.4) is 0 Å². The van der Waals surface area contributed by atoms with Crippen LogP contribution in [0.4, 0.5) is 0 Å². The molecule has 0 spiro atoms. The highest BCUT2D eigenvalue weighted by Crippen LogP contribution is 2.22. The van der Waals surface area contributed by atoms with E-state index in [-0.39, 0.29) is 10.8 Å². The molecule has 5 nitrogen and oxygen atoms in total. The summed E-state index contributed by atoms with van der Waals surface area (Å²) >= 11 is 0. The van der Waals surface area contributed by atoms with Gasteiger partial charge in [-0.25, -0.2) is 13.6 Å². The van der Waals surface area contributed by atoms with E-state index in [4.69, 9.17) is 5.14 Å².